The Morgan fingerprint density at radius 1 is 1.44 bits per heavy atom. The van der Waals surface area contributed by atoms with E-state index in [0.29, 0.717) is 0 Å². The Bertz CT molecular complexity index is 503. The molecule has 0 fully saturated rings. The molecule has 0 atom stereocenters. The molecule has 0 radical (unpaired) electrons. The van der Waals surface area contributed by atoms with E-state index in [0.717, 1.165) is 12.1 Å². The van der Waals surface area contributed by atoms with Crippen molar-refractivity contribution in [3.63, 3.8) is 0 Å². The van der Waals surface area contributed by atoms with Gasteiger partial charge in [-0.1, -0.05) is 0 Å². The van der Waals surface area contributed by atoms with Gasteiger partial charge in [-0.25, -0.2) is 0 Å². The van der Waals surface area contributed by atoms with Gasteiger partial charge in [-0.05, 0) is 11.6 Å². The molecule has 6 nitrogen and oxygen atoms in total. The number of nitrogens with zero attached hydrogens (tertiary/aromatic N) is 1. The van der Waals surface area contributed by atoms with Gasteiger partial charge in [0.2, 0.25) is 0 Å². The Balaban J connectivity index is 0.00000225. The van der Waals surface area contributed by atoms with Crippen molar-refractivity contribution in [2.75, 3.05) is 0 Å². The van der Waals surface area contributed by atoms with E-state index in [-0.39, 0.29) is 41.0 Å². The molecule has 1 aromatic carbocycles. The molecule has 1 aromatic rings. The van der Waals surface area contributed by atoms with Crippen molar-refractivity contribution in [3.05, 3.63) is 33.9 Å². The fourth-order valence-corrected chi connectivity index (χ4v) is 2.06. The molecular weight excluding hydrogens is 269 g/mol. The first-order chi connectivity index (χ1) is 6.86. The van der Waals surface area contributed by atoms with Crippen molar-refractivity contribution in [1.82, 2.24) is 0 Å². The first kappa shape index (κ1) is 15.8. The predicted molar refractivity (Wildman–Crippen MR) is 59.6 cm³/mol. The summed E-state index contributed by atoms with van der Waals surface area (Å²) in [6.45, 7) is 0. The van der Waals surface area contributed by atoms with Crippen molar-refractivity contribution in [1.29, 1.82) is 0 Å². The summed E-state index contributed by atoms with van der Waals surface area (Å²) >= 11 is 5.42. The van der Waals surface area contributed by atoms with Crippen LogP contribution < -0.4 is 0 Å². The third-order valence-electron chi connectivity index (χ3n) is 1.68. The molecule has 0 saturated heterocycles. The summed E-state index contributed by atoms with van der Waals surface area (Å²) in [7, 11) is -4.49. The van der Waals surface area contributed by atoms with Crippen LogP contribution in [0.4, 0.5) is 5.69 Å². The fraction of sp³-hybridized carbons (Fsp3) is 0.143. The number of halogens is 1. The predicted octanol–water partition coefficient (Wildman–Crippen LogP) is 0.932. The summed E-state index contributed by atoms with van der Waals surface area (Å²) in [6, 6.07) is 3.08. The molecule has 16 heavy (non-hydrogen) atoms. The number of non-ortho nitro benzene ring substituents is 1. The van der Waals surface area contributed by atoms with Gasteiger partial charge in [-0.15, -0.1) is 11.6 Å². The monoisotopic (exact) mass is 275 g/mol. The summed E-state index contributed by atoms with van der Waals surface area (Å²) in [5.74, 6) is -0.160. The van der Waals surface area contributed by atoms with Crippen LogP contribution in [0.2, 0.25) is 0 Å². The van der Waals surface area contributed by atoms with E-state index in [1.165, 1.54) is 6.07 Å². The zero-order chi connectivity index (χ0) is 11.6. The number of nitro groups is 1. The Labute approximate surface area is 119 Å². The van der Waals surface area contributed by atoms with Gasteiger partial charge in [0, 0.05) is 18.0 Å². The molecule has 0 bridgehead atoms. The number of rotatable bonds is 3. The molecule has 9 heteroatoms. The summed E-state index contributed by atoms with van der Waals surface area (Å²) in [5.41, 5.74) is -0.304. The second kappa shape index (κ2) is 5.95. The average Bonchev–Trinajstić information content (AvgIpc) is 2.15. The van der Waals surface area contributed by atoms with Crippen LogP contribution in [0.5, 0.6) is 0 Å². The minimum atomic E-state index is -4.49. The minimum absolute atomic E-state index is 0. The van der Waals surface area contributed by atoms with Crippen LogP contribution in [0.25, 0.3) is 0 Å². The SMILES string of the molecule is O=[N+]([O-])c1ccc(CCl)c(S(=O)(=O)O)c1.[NaH]. The normalized spacial score (nSPS) is 10.6. The van der Waals surface area contributed by atoms with Crippen LogP contribution in [-0.4, -0.2) is 47.5 Å². The molecule has 0 aliphatic rings. The quantitative estimate of drug-likeness (QED) is 0.291. The van der Waals surface area contributed by atoms with E-state index < -0.39 is 25.6 Å². The van der Waals surface area contributed by atoms with Crippen LogP contribution in [0, 0.1) is 10.1 Å². The molecule has 0 aromatic heterocycles. The second-order valence-corrected chi connectivity index (χ2v) is 4.32. The molecule has 0 aliphatic carbocycles. The van der Waals surface area contributed by atoms with E-state index in [1.807, 2.05) is 0 Å². The molecule has 0 saturated carbocycles. The van der Waals surface area contributed by atoms with Crippen molar-refractivity contribution in [3.8, 4) is 0 Å². The fourth-order valence-electron chi connectivity index (χ4n) is 1.01. The molecule has 1 N–H and O–H groups in total. The van der Waals surface area contributed by atoms with Crippen molar-refractivity contribution in [2.45, 2.75) is 10.8 Å². The third kappa shape index (κ3) is 3.69. The average molecular weight is 276 g/mol. The van der Waals surface area contributed by atoms with E-state index >= 15 is 0 Å². The van der Waals surface area contributed by atoms with Crippen molar-refractivity contribution < 1.29 is 17.9 Å². The van der Waals surface area contributed by atoms with Crippen LogP contribution >= 0.6 is 11.6 Å². The number of nitro benzene ring substituents is 1. The van der Waals surface area contributed by atoms with Gasteiger partial charge in [0.05, 0.1) is 4.92 Å². The topological polar surface area (TPSA) is 97.5 Å². The van der Waals surface area contributed by atoms with Gasteiger partial charge in [-0.3, -0.25) is 14.7 Å². The Morgan fingerprint density at radius 2 is 2.00 bits per heavy atom. The van der Waals surface area contributed by atoms with E-state index in [2.05, 4.69) is 0 Å². The van der Waals surface area contributed by atoms with E-state index in [1.54, 1.807) is 0 Å². The molecule has 1 rings (SSSR count). The number of hydrogen-bond acceptors (Lipinski definition) is 4. The van der Waals surface area contributed by atoms with E-state index in [9.17, 15) is 18.5 Å². The molecular formula is C7H7ClNNaO5S. The summed E-state index contributed by atoms with van der Waals surface area (Å²) in [4.78, 5) is 9.08. The maximum absolute atomic E-state index is 10.9. The molecule has 0 unspecified atom stereocenters. The van der Waals surface area contributed by atoms with Gasteiger partial charge in [0.25, 0.3) is 15.8 Å². The number of benzene rings is 1. The second-order valence-electron chi connectivity index (χ2n) is 2.66. The number of hydrogen-bond donors (Lipinski definition) is 1. The van der Waals surface area contributed by atoms with Gasteiger partial charge < -0.3 is 0 Å². The Kier molecular flexibility index (Phi) is 5.88. The van der Waals surface area contributed by atoms with Crippen LogP contribution in [0.3, 0.4) is 0 Å². The van der Waals surface area contributed by atoms with Gasteiger partial charge in [-0.2, -0.15) is 8.42 Å². The zero-order valence-electron chi connectivity index (χ0n) is 7.25. The summed E-state index contributed by atoms with van der Waals surface area (Å²) < 4.78 is 30.5. The molecule has 0 amide bonds. The summed E-state index contributed by atoms with van der Waals surface area (Å²) in [5, 5.41) is 10.4. The van der Waals surface area contributed by atoms with E-state index in [4.69, 9.17) is 16.2 Å². The maximum atomic E-state index is 10.9. The molecule has 0 spiro atoms. The van der Waals surface area contributed by atoms with Crippen molar-refractivity contribution >= 4 is 57.0 Å². The molecule has 84 valence electrons. The van der Waals surface area contributed by atoms with Crippen LogP contribution in [0.15, 0.2) is 23.1 Å². The van der Waals surface area contributed by atoms with Gasteiger partial charge in [0.1, 0.15) is 4.90 Å². The first-order valence-electron chi connectivity index (χ1n) is 3.67. The first-order valence-corrected chi connectivity index (χ1v) is 5.64. The molecule has 0 aliphatic heterocycles. The summed E-state index contributed by atoms with van der Waals surface area (Å²) in [6.07, 6.45) is 0. The number of alkyl halides is 1. The van der Waals surface area contributed by atoms with Gasteiger partial charge in [0.15, 0.2) is 0 Å². The van der Waals surface area contributed by atoms with Crippen LogP contribution in [0.1, 0.15) is 5.56 Å². The zero-order valence-corrected chi connectivity index (χ0v) is 8.83. The van der Waals surface area contributed by atoms with Crippen molar-refractivity contribution in [2.24, 2.45) is 0 Å². The molecule has 0 heterocycles. The standard InChI is InChI=1S/C7H6ClNO5S.Na.H/c8-4-5-1-2-6(9(10)11)3-7(5)15(12,13)14;;/h1-3H,4H2,(H,12,13,14);;. The third-order valence-corrected chi connectivity index (χ3v) is 2.91. The van der Waals surface area contributed by atoms with Crippen LogP contribution in [-0.2, 0) is 16.0 Å². The Morgan fingerprint density at radius 3 is 2.38 bits per heavy atom. The van der Waals surface area contributed by atoms with Gasteiger partial charge >= 0.3 is 29.6 Å². The Hall–Kier alpha value is -0.180.